The van der Waals surface area contributed by atoms with Crippen LogP contribution in [0.25, 0.3) is 5.69 Å². The molecule has 0 atom stereocenters. The molecule has 1 heterocycles. The van der Waals surface area contributed by atoms with Crippen LogP contribution >= 0.6 is 12.2 Å². The van der Waals surface area contributed by atoms with Gasteiger partial charge in [-0.25, -0.2) is 0 Å². The fourth-order valence-electron chi connectivity index (χ4n) is 2.22. The van der Waals surface area contributed by atoms with Crippen molar-refractivity contribution >= 4 is 12.2 Å². The summed E-state index contributed by atoms with van der Waals surface area (Å²) in [5.74, 6) is 2.33. The molecule has 5 nitrogen and oxygen atoms in total. The summed E-state index contributed by atoms with van der Waals surface area (Å²) in [6.07, 6.45) is 0. The molecule has 0 saturated heterocycles. The Morgan fingerprint density at radius 2 is 1.70 bits per heavy atom. The number of hydrogen-bond donors (Lipinski definition) is 1. The van der Waals surface area contributed by atoms with Crippen LogP contribution in [0.5, 0.6) is 11.5 Å². The molecule has 3 aromatic rings. The Morgan fingerprint density at radius 3 is 2.39 bits per heavy atom. The number of benzene rings is 2. The zero-order valence-corrected chi connectivity index (χ0v) is 13.5. The molecule has 6 heteroatoms. The predicted molar refractivity (Wildman–Crippen MR) is 90.7 cm³/mol. The van der Waals surface area contributed by atoms with Crippen molar-refractivity contribution in [3.05, 3.63) is 65.2 Å². The highest BCUT2D eigenvalue weighted by atomic mass is 32.1. The second-order valence-electron chi connectivity index (χ2n) is 4.81. The molecule has 1 N–H and O–H groups in total. The van der Waals surface area contributed by atoms with Gasteiger partial charge in [0.25, 0.3) is 0 Å². The third-order valence-corrected chi connectivity index (χ3v) is 3.53. The van der Waals surface area contributed by atoms with E-state index >= 15 is 0 Å². The minimum Gasteiger partial charge on any atom is -0.494 e. The van der Waals surface area contributed by atoms with Crippen LogP contribution in [0.4, 0.5) is 0 Å². The fraction of sp³-hybridized carbons (Fsp3) is 0.176. The van der Waals surface area contributed by atoms with Gasteiger partial charge >= 0.3 is 0 Å². The lowest BCUT2D eigenvalue weighted by Gasteiger charge is -2.09. The van der Waals surface area contributed by atoms with E-state index in [0.29, 0.717) is 23.8 Å². The number of aromatic amines is 1. The van der Waals surface area contributed by atoms with E-state index in [1.807, 2.05) is 66.1 Å². The molecule has 0 aliphatic heterocycles. The third kappa shape index (κ3) is 3.60. The number of nitrogens with zero attached hydrogens (tertiary/aromatic N) is 2. The zero-order valence-electron chi connectivity index (χ0n) is 12.7. The molecule has 0 spiro atoms. The first-order valence-electron chi connectivity index (χ1n) is 7.35. The van der Waals surface area contributed by atoms with Gasteiger partial charge in [-0.1, -0.05) is 18.2 Å². The van der Waals surface area contributed by atoms with Gasteiger partial charge in [-0.2, -0.15) is 5.10 Å². The van der Waals surface area contributed by atoms with Gasteiger partial charge in [-0.05, 0) is 55.5 Å². The summed E-state index contributed by atoms with van der Waals surface area (Å²) in [5, 5.41) is 7.07. The van der Waals surface area contributed by atoms with Crippen LogP contribution in [0.3, 0.4) is 0 Å². The van der Waals surface area contributed by atoms with Gasteiger partial charge in [0.1, 0.15) is 18.1 Å². The van der Waals surface area contributed by atoms with Crippen molar-refractivity contribution in [3.63, 3.8) is 0 Å². The zero-order chi connectivity index (χ0) is 16.1. The SMILES string of the molecule is CCOc1ccc(-n2c(COc3ccccc3)n[nH]c2=S)cc1. The van der Waals surface area contributed by atoms with Crippen molar-refractivity contribution < 1.29 is 9.47 Å². The Morgan fingerprint density at radius 1 is 1.00 bits per heavy atom. The summed E-state index contributed by atoms with van der Waals surface area (Å²) in [7, 11) is 0. The maximum Gasteiger partial charge on any atom is 0.199 e. The van der Waals surface area contributed by atoms with Gasteiger partial charge in [-0.3, -0.25) is 9.67 Å². The molecule has 0 radical (unpaired) electrons. The molecular formula is C17H17N3O2S. The van der Waals surface area contributed by atoms with Crippen molar-refractivity contribution in [2.24, 2.45) is 0 Å². The molecule has 0 saturated carbocycles. The van der Waals surface area contributed by atoms with E-state index in [2.05, 4.69) is 10.2 Å². The van der Waals surface area contributed by atoms with E-state index in [1.165, 1.54) is 0 Å². The van der Waals surface area contributed by atoms with Gasteiger partial charge in [0, 0.05) is 0 Å². The van der Waals surface area contributed by atoms with E-state index in [1.54, 1.807) is 0 Å². The largest absolute Gasteiger partial charge is 0.494 e. The van der Waals surface area contributed by atoms with Gasteiger partial charge < -0.3 is 9.47 Å². The summed E-state index contributed by atoms with van der Waals surface area (Å²) in [6.45, 7) is 2.92. The lowest BCUT2D eigenvalue weighted by Crippen LogP contribution is -2.06. The van der Waals surface area contributed by atoms with Crippen LogP contribution in [-0.4, -0.2) is 21.4 Å². The molecule has 0 aliphatic rings. The van der Waals surface area contributed by atoms with Crippen LogP contribution in [0.1, 0.15) is 12.7 Å². The van der Waals surface area contributed by atoms with E-state index in [4.69, 9.17) is 21.7 Å². The van der Waals surface area contributed by atoms with Crippen LogP contribution < -0.4 is 9.47 Å². The molecule has 118 valence electrons. The topological polar surface area (TPSA) is 52.1 Å². The molecule has 0 bridgehead atoms. The quantitative estimate of drug-likeness (QED) is 0.698. The maximum atomic E-state index is 5.76. The minimum atomic E-state index is 0.324. The normalized spacial score (nSPS) is 10.5. The molecule has 3 rings (SSSR count). The number of hydrogen-bond acceptors (Lipinski definition) is 4. The number of ether oxygens (including phenoxy) is 2. The first kappa shape index (κ1) is 15.3. The molecule has 0 amide bonds. The van der Waals surface area contributed by atoms with Crippen molar-refractivity contribution in [3.8, 4) is 17.2 Å². The summed E-state index contributed by atoms with van der Waals surface area (Å²) >= 11 is 5.33. The number of nitrogens with one attached hydrogen (secondary N) is 1. The second kappa shape index (κ2) is 7.11. The van der Waals surface area contributed by atoms with E-state index in [9.17, 15) is 0 Å². The van der Waals surface area contributed by atoms with Gasteiger partial charge in [0.15, 0.2) is 10.6 Å². The summed E-state index contributed by atoms with van der Waals surface area (Å²) in [4.78, 5) is 0. The van der Waals surface area contributed by atoms with Crippen LogP contribution in [0, 0.1) is 4.77 Å². The summed E-state index contributed by atoms with van der Waals surface area (Å²) < 4.78 is 13.6. The van der Waals surface area contributed by atoms with Crippen molar-refractivity contribution in [1.29, 1.82) is 0 Å². The molecule has 2 aromatic carbocycles. The highest BCUT2D eigenvalue weighted by Crippen LogP contribution is 2.18. The van der Waals surface area contributed by atoms with Crippen LogP contribution in [0.2, 0.25) is 0 Å². The second-order valence-corrected chi connectivity index (χ2v) is 5.20. The van der Waals surface area contributed by atoms with E-state index in [-0.39, 0.29) is 0 Å². The first-order valence-corrected chi connectivity index (χ1v) is 7.76. The van der Waals surface area contributed by atoms with E-state index in [0.717, 1.165) is 17.2 Å². The maximum absolute atomic E-state index is 5.76. The summed E-state index contributed by atoms with van der Waals surface area (Å²) in [6, 6.07) is 17.3. The highest BCUT2D eigenvalue weighted by Gasteiger charge is 2.09. The fourth-order valence-corrected chi connectivity index (χ4v) is 2.47. The standard InChI is InChI=1S/C17H17N3O2S/c1-2-21-15-10-8-13(9-11-15)20-16(18-19-17(20)23)12-22-14-6-4-3-5-7-14/h3-11H,2,12H2,1H3,(H,19,23). The Kier molecular flexibility index (Phi) is 4.73. The van der Waals surface area contributed by atoms with Crippen molar-refractivity contribution in [1.82, 2.24) is 14.8 Å². The highest BCUT2D eigenvalue weighted by molar-refractivity contribution is 7.71. The Labute approximate surface area is 139 Å². The first-order chi connectivity index (χ1) is 11.3. The van der Waals surface area contributed by atoms with Gasteiger partial charge in [0.2, 0.25) is 0 Å². The smallest absolute Gasteiger partial charge is 0.199 e. The molecule has 23 heavy (non-hydrogen) atoms. The summed E-state index contributed by atoms with van der Waals surface area (Å²) in [5.41, 5.74) is 0.916. The number of para-hydroxylation sites is 1. The monoisotopic (exact) mass is 327 g/mol. The third-order valence-electron chi connectivity index (χ3n) is 3.26. The molecule has 0 aliphatic carbocycles. The molecule has 0 fully saturated rings. The average molecular weight is 327 g/mol. The van der Waals surface area contributed by atoms with Crippen molar-refractivity contribution in [2.75, 3.05) is 6.61 Å². The Hall–Kier alpha value is -2.60. The van der Waals surface area contributed by atoms with Crippen molar-refractivity contribution in [2.45, 2.75) is 13.5 Å². The number of H-pyrrole nitrogens is 1. The Bertz CT molecular complexity index is 810. The molecule has 0 unspecified atom stereocenters. The predicted octanol–water partition coefficient (Wildman–Crippen LogP) is 3.91. The van der Waals surface area contributed by atoms with Gasteiger partial charge in [0.05, 0.1) is 12.3 Å². The van der Waals surface area contributed by atoms with Gasteiger partial charge in [-0.15, -0.1) is 0 Å². The number of aromatic nitrogens is 3. The lowest BCUT2D eigenvalue weighted by atomic mass is 10.3. The Balaban J connectivity index is 1.82. The minimum absolute atomic E-state index is 0.324. The van der Waals surface area contributed by atoms with Crippen LogP contribution in [0.15, 0.2) is 54.6 Å². The number of rotatable bonds is 6. The van der Waals surface area contributed by atoms with Crippen LogP contribution in [-0.2, 0) is 6.61 Å². The lowest BCUT2D eigenvalue weighted by molar-refractivity contribution is 0.293. The molecular weight excluding hydrogens is 310 g/mol. The molecule has 1 aromatic heterocycles. The van der Waals surface area contributed by atoms with E-state index < -0.39 is 0 Å². The average Bonchev–Trinajstić information content (AvgIpc) is 2.96.